The Morgan fingerprint density at radius 3 is 3.25 bits per heavy atom. The van der Waals surface area contributed by atoms with Crippen LogP contribution in [0.15, 0.2) is 41.0 Å². The molecule has 1 unspecified atom stereocenters. The monoisotopic (exact) mass is 210 g/mol. The number of aliphatic imine (C=N–C) groups is 1. The summed E-state index contributed by atoms with van der Waals surface area (Å²) in [6.07, 6.45) is 9.15. The number of allylic oxidation sites excluding steroid dienone is 1. The summed E-state index contributed by atoms with van der Waals surface area (Å²) in [4.78, 5) is 20.6. The van der Waals surface area contributed by atoms with E-state index in [9.17, 15) is 4.79 Å². The first-order valence-corrected chi connectivity index (χ1v) is 5.24. The first-order valence-electron chi connectivity index (χ1n) is 5.24. The van der Waals surface area contributed by atoms with E-state index in [2.05, 4.69) is 9.98 Å². The van der Waals surface area contributed by atoms with E-state index in [1.54, 1.807) is 18.5 Å². The number of carbonyl (C=O) groups excluding carboxylic acids is 1. The Kier molecular flexibility index (Phi) is 2.03. The Bertz CT molecular complexity index is 541. The molecule has 1 aliphatic carbocycles. The molecule has 0 amide bonds. The van der Waals surface area contributed by atoms with Gasteiger partial charge in [0.1, 0.15) is 0 Å². The Balaban J connectivity index is 2.18. The van der Waals surface area contributed by atoms with E-state index in [-0.39, 0.29) is 11.7 Å². The summed E-state index contributed by atoms with van der Waals surface area (Å²) in [5, 5.41) is 0. The lowest BCUT2D eigenvalue weighted by atomic mass is 9.92. The van der Waals surface area contributed by atoms with Crippen molar-refractivity contribution in [2.24, 2.45) is 10.9 Å². The number of Topliss-reactive ketones (excluding diaryl/α,β-unsaturated/α-hetero) is 1. The van der Waals surface area contributed by atoms with Gasteiger partial charge in [-0.2, -0.15) is 0 Å². The van der Waals surface area contributed by atoms with Crippen molar-refractivity contribution in [3.05, 3.63) is 47.3 Å². The molecule has 0 N–H and O–H groups in total. The maximum Gasteiger partial charge on any atom is 0.191 e. The molecule has 1 aromatic rings. The highest BCUT2D eigenvalue weighted by Gasteiger charge is 2.25. The minimum Gasteiger partial charge on any atom is -0.292 e. The molecule has 3 rings (SSSR count). The number of hydrogen-bond acceptors (Lipinski definition) is 3. The Morgan fingerprint density at radius 1 is 1.38 bits per heavy atom. The molecule has 0 aromatic carbocycles. The zero-order chi connectivity index (χ0) is 11.0. The first-order chi connectivity index (χ1) is 7.86. The molecule has 3 nitrogen and oxygen atoms in total. The number of fused-ring (bicyclic) bond motifs is 2. The van der Waals surface area contributed by atoms with E-state index in [1.807, 2.05) is 24.3 Å². The van der Waals surface area contributed by atoms with Crippen molar-refractivity contribution < 1.29 is 4.79 Å². The molecule has 78 valence electrons. The van der Waals surface area contributed by atoms with E-state index in [0.717, 1.165) is 11.3 Å². The number of nitrogens with zero attached hydrogens (tertiary/aromatic N) is 2. The highest BCUT2D eigenvalue weighted by Crippen LogP contribution is 2.26. The van der Waals surface area contributed by atoms with E-state index >= 15 is 0 Å². The van der Waals surface area contributed by atoms with E-state index in [1.165, 1.54) is 0 Å². The molecule has 1 atom stereocenters. The molecule has 0 bridgehead atoms. The lowest BCUT2D eigenvalue weighted by molar-refractivity contribution is 0.102. The van der Waals surface area contributed by atoms with Crippen LogP contribution >= 0.6 is 0 Å². The third-order valence-corrected chi connectivity index (χ3v) is 2.89. The van der Waals surface area contributed by atoms with Crippen LogP contribution in [0.2, 0.25) is 0 Å². The number of rotatable bonds is 0. The number of aromatic nitrogens is 1. The van der Waals surface area contributed by atoms with Gasteiger partial charge < -0.3 is 0 Å². The molecule has 3 heteroatoms. The van der Waals surface area contributed by atoms with Crippen molar-refractivity contribution in [2.75, 3.05) is 6.54 Å². The Hall–Kier alpha value is -2.03. The van der Waals surface area contributed by atoms with Crippen LogP contribution in [0, 0.1) is 5.92 Å². The number of ketones is 1. The second-order valence-electron chi connectivity index (χ2n) is 3.87. The molecule has 2 heterocycles. The fourth-order valence-corrected chi connectivity index (χ4v) is 2.04. The van der Waals surface area contributed by atoms with Crippen molar-refractivity contribution in [2.45, 2.75) is 0 Å². The quantitative estimate of drug-likeness (QED) is 0.656. The summed E-state index contributed by atoms with van der Waals surface area (Å²) in [6.45, 7) is 0.655. The van der Waals surface area contributed by atoms with Crippen LogP contribution in [0.5, 0.6) is 0 Å². The standard InChI is InChI=1S/C13H10N2O/c16-13-10-5-7-14-8-9(10)3-4-12-11(13)2-1-6-15-12/h1-7,9H,8H2. The summed E-state index contributed by atoms with van der Waals surface area (Å²) in [5.74, 6) is 0.177. The predicted octanol–water partition coefficient (Wildman–Crippen LogP) is 1.92. The van der Waals surface area contributed by atoms with Crippen molar-refractivity contribution in [1.29, 1.82) is 0 Å². The van der Waals surface area contributed by atoms with Crippen molar-refractivity contribution in [3.8, 4) is 0 Å². The van der Waals surface area contributed by atoms with Gasteiger partial charge in [0.25, 0.3) is 0 Å². The highest BCUT2D eigenvalue weighted by atomic mass is 16.1. The third-order valence-electron chi connectivity index (χ3n) is 2.89. The van der Waals surface area contributed by atoms with Crippen LogP contribution in [-0.4, -0.2) is 23.5 Å². The summed E-state index contributed by atoms with van der Waals surface area (Å²) >= 11 is 0. The van der Waals surface area contributed by atoms with Crippen molar-refractivity contribution >= 4 is 18.1 Å². The minimum atomic E-state index is 0.0734. The normalized spacial score (nSPS) is 22.1. The fourth-order valence-electron chi connectivity index (χ4n) is 2.04. The smallest absolute Gasteiger partial charge is 0.191 e. The van der Waals surface area contributed by atoms with Crippen LogP contribution in [-0.2, 0) is 0 Å². The van der Waals surface area contributed by atoms with Crippen LogP contribution < -0.4 is 0 Å². The number of pyridine rings is 1. The molecule has 16 heavy (non-hydrogen) atoms. The lowest BCUT2D eigenvalue weighted by Crippen LogP contribution is -2.16. The van der Waals surface area contributed by atoms with Gasteiger partial charge in [-0.25, -0.2) is 0 Å². The van der Waals surface area contributed by atoms with Crippen LogP contribution in [0.1, 0.15) is 16.1 Å². The van der Waals surface area contributed by atoms with Crippen molar-refractivity contribution in [1.82, 2.24) is 4.98 Å². The zero-order valence-corrected chi connectivity index (χ0v) is 8.63. The maximum atomic E-state index is 12.3. The Labute approximate surface area is 93.2 Å². The molecule has 0 fully saturated rings. The zero-order valence-electron chi connectivity index (χ0n) is 8.63. The van der Waals surface area contributed by atoms with Crippen molar-refractivity contribution in [3.63, 3.8) is 0 Å². The van der Waals surface area contributed by atoms with Crippen LogP contribution in [0.3, 0.4) is 0 Å². The SMILES string of the molecule is O=C1C2=CC=NCC2C=Cc2ncccc21. The molecule has 0 spiro atoms. The van der Waals surface area contributed by atoms with Gasteiger partial charge in [-0.3, -0.25) is 14.8 Å². The molecule has 0 saturated heterocycles. The highest BCUT2D eigenvalue weighted by molar-refractivity contribution is 6.13. The van der Waals surface area contributed by atoms with Gasteiger partial charge in [0, 0.05) is 36.0 Å². The molecule has 2 aliphatic rings. The summed E-state index contributed by atoms with van der Waals surface area (Å²) in [6, 6.07) is 3.62. The van der Waals surface area contributed by atoms with Gasteiger partial charge in [0.05, 0.1) is 5.69 Å². The van der Waals surface area contributed by atoms with E-state index in [0.29, 0.717) is 12.1 Å². The molecule has 0 saturated carbocycles. The number of dihydropyridines is 1. The number of hydrogen-bond donors (Lipinski definition) is 0. The predicted molar refractivity (Wildman–Crippen MR) is 62.5 cm³/mol. The fraction of sp³-hybridized carbons (Fsp3) is 0.154. The lowest BCUT2D eigenvalue weighted by Gasteiger charge is -2.14. The van der Waals surface area contributed by atoms with Gasteiger partial charge in [0.2, 0.25) is 0 Å². The second-order valence-corrected chi connectivity index (χ2v) is 3.87. The van der Waals surface area contributed by atoms with Gasteiger partial charge in [-0.15, -0.1) is 0 Å². The van der Waals surface area contributed by atoms with E-state index < -0.39 is 0 Å². The topological polar surface area (TPSA) is 42.3 Å². The average Bonchev–Trinajstić information content (AvgIpc) is 2.49. The molecular formula is C13H10N2O. The maximum absolute atomic E-state index is 12.3. The first kappa shape index (κ1) is 9.21. The van der Waals surface area contributed by atoms with Gasteiger partial charge in [-0.1, -0.05) is 6.08 Å². The van der Waals surface area contributed by atoms with Crippen LogP contribution in [0.25, 0.3) is 6.08 Å². The summed E-state index contributed by atoms with van der Waals surface area (Å²) < 4.78 is 0. The summed E-state index contributed by atoms with van der Waals surface area (Å²) in [5.41, 5.74) is 2.25. The molecule has 1 aromatic heterocycles. The minimum absolute atomic E-state index is 0.0734. The third kappa shape index (κ3) is 1.33. The summed E-state index contributed by atoms with van der Waals surface area (Å²) in [7, 11) is 0. The second kappa shape index (κ2) is 3.52. The van der Waals surface area contributed by atoms with Gasteiger partial charge in [0.15, 0.2) is 5.78 Å². The largest absolute Gasteiger partial charge is 0.292 e. The van der Waals surface area contributed by atoms with Crippen LogP contribution in [0.4, 0.5) is 0 Å². The van der Waals surface area contributed by atoms with E-state index in [4.69, 9.17) is 0 Å². The van der Waals surface area contributed by atoms with Gasteiger partial charge >= 0.3 is 0 Å². The molecular weight excluding hydrogens is 200 g/mol. The Morgan fingerprint density at radius 2 is 2.31 bits per heavy atom. The molecule has 0 radical (unpaired) electrons. The molecule has 1 aliphatic heterocycles. The number of carbonyl (C=O) groups is 1. The average molecular weight is 210 g/mol. The van der Waals surface area contributed by atoms with Gasteiger partial charge in [-0.05, 0) is 24.3 Å².